The zero-order valence-electron chi connectivity index (χ0n) is 15.0. The molecule has 0 aliphatic heterocycles. The number of nitrogens with one attached hydrogen (secondary N) is 1. The highest BCUT2D eigenvalue weighted by Crippen LogP contribution is 2.40. The van der Waals surface area contributed by atoms with Crippen molar-refractivity contribution in [1.82, 2.24) is 15.3 Å². The van der Waals surface area contributed by atoms with Crippen LogP contribution >= 0.6 is 34.7 Å². The average Bonchev–Trinajstić information content (AvgIpc) is 3.22. The molecule has 0 unspecified atom stereocenters. The highest BCUT2D eigenvalue weighted by Gasteiger charge is 2.22. The Hall–Kier alpha value is -1.63. The Morgan fingerprint density at radius 1 is 1.26 bits per heavy atom. The molecular formula is C20H20ClN3OS2. The average molecular weight is 418 g/mol. The Bertz CT molecular complexity index is 985. The molecule has 0 radical (unpaired) electrons. The largest absolute Gasteiger partial charge is 0.355 e. The molecule has 4 nitrogen and oxygen atoms in total. The summed E-state index contributed by atoms with van der Waals surface area (Å²) in [7, 11) is 0. The number of fused-ring (bicyclic) bond motifs is 3. The number of halogens is 1. The Kier molecular flexibility index (Phi) is 5.66. The van der Waals surface area contributed by atoms with Crippen LogP contribution in [0.3, 0.4) is 0 Å². The van der Waals surface area contributed by atoms with Gasteiger partial charge in [0.1, 0.15) is 15.7 Å². The van der Waals surface area contributed by atoms with E-state index in [9.17, 15) is 4.79 Å². The third kappa shape index (κ3) is 4.28. The number of nitrogens with zero attached hydrogens (tertiary/aromatic N) is 2. The van der Waals surface area contributed by atoms with Crippen LogP contribution in [0.15, 0.2) is 29.3 Å². The second kappa shape index (κ2) is 8.17. The predicted octanol–water partition coefficient (Wildman–Crippen LogP) is 4.59. The molecule has 1 aliphatic carbocycles. The number of hydrogen-bond acceptors (Lipinski definition) is 5. The lowest BCUT2D eigenvalue weighted by atomic mass is 10.1. The fourth-order valence-electron chi connectivity index (χ4n) is 3.35. The van der Waals surface area contributed by atoms with Gasteiger partial charge in [-0.1, -0.05) is 35.5 Å². The first-order valence-electron chi connectivity index (χ1n) is 9.03. The lowest BCUT2D eigenvalue weighted by Gasteiger charge is -2.07. The molecule has 2 heterocycles. The molecule has 1 amide bonds. The van der Waals surface area contributed by atoms with E-state index < -0.39 is 0 Å². The molecule has 4 rings (SSSR count). The lowest BCUT2D eigenvalue weighted by Crippen LogP contribution is -2.27. The number of carbonyl (C=O) groups is 1. The van der Waals surface area contributed by atoms with Gasteiger partial charge in [-0.3, -0.25) is 4.79 Å². The summed E-state index contributed by atoms with van der Waals surface area (Å²) in [6.45, 7) is 2.54. The molecule has 1 N–H and O–H groups in total. The van der Waals surface area contributed by atoms with Crippen molar-refractivity contribution in [2.24, 2.45) is 0 Å². The monoisotopic (exact) mass is 417 g/mol. The number of thioether (sulfide) groups is 1. The quantitative estimate of drug-likeness (QED) is 0.470. The van der Waals surface area contributed by atoms with Crippen molar-refractivity contribution < 1.29 is 4.79 Å². The maximum atomic E-state index is 12.3. The first-order valence-corrected chi connectivity index (χ1v) is 11.2. The summed E-state index contributed by atoms with van der Waals surface area (Å²) in [5.74, 6) is 1.18. The Labute approximate surface area is 171 Å². The summed E-state index contributed by atoms with van der Waals surface area (Å²) in [4.78, 5) is 24.0. The van der Waals surface area contributed by atoms with Crippen LogP contribution in [0.2, 0.25) is 5.02 Å². The molecule has 0 bridgehead atoms. The van der Waals surface area contributed by atoms with Crippen molar-refractivity contribution in [2.75, 3.05) is 12.3 Å². The molecule has 0 fully saturated rings. The standard InChI is InChI=1S/C20H20ClN3OS2/c1-12-23-19(18-15-3-2-4-16(15)27-20(18)24-12)26-11-17(25)22-10-9-13-5-7-14(21)8-6-13/h5-8H,2-4,9-11H2,1H3,(H,22,25). The van der Waals surface area contributed by atoms with Crippen LogP contribution in [0.1, 0.15) is 28.2 Å². The SMILES string of the molecule is Cc1nc(SCC(=O)NCCc2ccc(Cl)cc2)c2c3c(sc2n1)CCC3. The molecule has 0 spiro atoms. The summed E-state index contributed by atoms with van der Waals surface area (Å²) in [6.07, 6.45) is 4.25. The van der Waals surface area contributed by atoms with Gasteiger partial charge in [0.2, 0.25) is 5.91 Å². The van der Waals surface area contributed by atoms with Crippen molar-refractivity contribution in [3.63, 3.8) is 0 Å². The van der Waals surface area contributed by atoms with Gasteiger partial charge in [-0.25, -0.2) is 9.97 Å². The molecule has 0 atom stereocenters. The Morgan fingerprint density at radius 3 is 2.89 bits per heavy atom. The number of rotatable bonds is 6. The van der Waals surface area contributed by atoms with Crippen molar-refractivity contribution in [3.8, 4) is 0 Å². The second-order valence-electron chi connectivity index (χ2n) is 6.63. The van der Waals surface area contributed by atoms with Gasteiger partial charge >= 0.3 is 0 Å². The normalized spacial score (nSPS) is 13.1. The molecule has 0 saturated heterocycles. The van der Waals surface area contributed by atoms with E-state index >= 15 is 0 Å². The fourth-order valence-corrected chi connectivity index (χ4v) is 5.78. The van der Waals surface area contributed by atoms with Crippen molar-refractivity contribution >= 4 is 50.8 Å². The van der Waals surface area contributed by atoms with Gasteiger partial charge in [-0.15, -0.1) is 11.3 Å². The molecule has 27 heavy (non-hydrogen) atoms. The van der Waals surface area contributed by atoms with E-state index in [1.807, 2.05) is 31.2 Å². The number of aromatic nitrogens is 2. The maximum absolute atomic E-state index is 12.3. The Morgan fingerprint density at radius 2 is 2.07 bits per heavy atom. The number of aryl methyl sites for hydroxylation is 3. The summed E-state index contributed by atoms with van der Waals surface area (Å²) in [6, 6.07) is 7.72. The van der Waals surface area contributed by atoms with Crippen LogP contribution in [-0.4, -0.2) is 28.2 Å². The zero-order valence-corrected chi connectivity index (χ0v) is 17.4. The summed E-state index contributed by atoms with van der Waals surface area (Å²) < 4.78 is 0. The molecule has 2 aromatic heterocycles. The molecule has 1 aromatic carbocycles. The van der Waals surface area contributed by atoms with E-state index in [1.165, 1.54) is 34.0 Å². The van der Waals surface area contributed by atoms with E-state index in [0.717, 1.165) is 45.5 Å². The smallest absolute Gasteiger partial charge is 0.230 e. The Balaban J connectivity index is 1.37. The predicted molar refractivity (Wildman–Crippen MR) is 113 cm³/mol. The van der Waals surface area contributed by atoms with Gasteiger partial charge in [0, 0.05) is 21.8 Å². The van der Waals surface area contributed by atoms with E-state index in [1.54, 1.807) is 11.3 Å². The molecule has 1 aliphatic rings. The minimum Gasteiger partial charge on any atom is -0.355 e. The molecule has 7 heteroatoms. The number of amides is 1. The summed E-state index contributed by atoms with van der Waals surface area (Å²) >= 11 is 9.20. The van der Waals surface area contributed by atoms with Gasteiger partial charge in [0.05, 0.1) is 5.75 Å². The van der Waals surface area contributed by atoms with Gasteiger partial charge in [-0.05, 0) is 55.9 Å². The van der Waals surface area contributed by atoms with E-state index in [0.29, 0.717) is 12.3 Å². The van der Waals surface area contributed by atoms with Gasteiger partial charge in [0.25, 0.3) is 0 Å². The molecular weight excluding hydrogens is 398 g/mol. The van der Waals surface area contributed by atoms with Crippen LogP contribution in [-0.2, 0) is 24.1 Å². The molecule has 140 valence electrons. The topological polar surface area (TPSA) is 54.9 Å². The van der Waals surface area contributed by atoms with E-state index in [2.05, 4.69) is 15.3 Å². The first-order chi connectivity index (χ1) is 13.1. The van der Waals surface area contributed by atoms with E-state index in [4.69, 9.17) is 11.6 Å². The van der Waals surface area contributed by atoms with Crippen LogP contribution in [0.4, 0.5) is 0 Å². The lowest BCUT2D eigenvalue weighted by molar-refractivity contribution is -0.118. The maximum Gasteiger partial charge on any atom is 0.230 e. The number of carbonyl (C=O) groups excluding carboxylic acids is 1. The minimum atomic E-state index is 0.0326. The fraction of sp³-hybridized carbons (Fsp3) is 0.350. The van der Waals surface area contributed by atoms with Crippen LogP contribution in [0, 0.1) is 6.92 Å². The number of thiophene rings is 1. The third-order valence-corrected chi connectivity index (χ3v) is 7.05. The third-order valence-electron chi connectivity index (χ3n) is 4.63. The zero-order chi connectivity index (χ0) is 18.8. The van der Waals surface area contributed by atoms with Crippen molar-refractivity contribution in [3.05, 3.63) is 51.1 Å². The van der Waals surface area contributed by atoms with Gasteiger partial charge in [-0.2, -0.15) is 0 Å². The molecule has 3 aromatic rings. The second-order valence-corrected chi connectivity index (χ2v) is 9.11. The minimum absolute atomic E-state index is 0.0326. The van der Waals surface area contributed by atoms with Gasteiger partial charge in [0.15, 0.2) is 0 Å². The van der Waals surface area contributed by atoms with Crippen molar-refractivity contribution in [2.45, 2.75) is 37.6 Å². The van der Waals surface area contributed by atoms with Crippen LogP contribution in [0.5, 0.6) is 0 Å². The number of hydrogen-bond donors (Lipinski definition) is 1. The van der Waals surface area contributed by atoms with E-state index in [-0.39, 0.29) is 5.91 Å². The highest BCUT2D eigenvalue weighted by atomic mass is 35.5. The summed E-state index contributed by atoms with van der Waals surface area (Å²) in [5, 5.41) is 5.85. The molecule has 0 saturated carbocycles. The first kappa shape index (κ1) is 18.7. The summed E-state index contributed by atoms with van der Waals surface area (Å²) in [5.41, 5.74) is 2.56. The number of benzene rings is 1. The van der Waals surface area contributed by atoms with Crippen LogP contribution in [0.25, 0.3) is 10.2 Å². The highest BCUT2D eigenvalue weighted by molar-refractivity contribution is 8.00. The van der Waals surface area contributed by atoms with Gasteiger partial charge < -0.3 is 5.32 Å². The van der Waals surface area contributed by atoms with Crippen LogP contribution < -0.4 is 5.32 Å². The van der Waals surface area contributed by atoms with Crippen molar-refractivity contribution in [1.29, 1.82) is 0 Å².